The van der Waals surface area contributed by atoms with Crippen LogP contribution < -0.4 is 19.6 Å². The van der Waals surface area contributed by atoms with Crippen LogP contribution in [-0.4, -0.2) is 36.7 Å². The van der Waals surface area contributed by atoms with Gasteiger partial charge in [-0.2, -0.15) is 5.10 Å². The quantitative estimate of drug-likeness (QED) is 0.152. The highest BCUT2D eigenvalue weighted by atomic mass is 79.9. The SMILES string of the molecule is COc1c(OC(C)=O)ccc(/C=N\NC(=O)COc2c(Br)cc(Br)cc2Br)c1[N+](=O)[O-]. The molecule has 1 amide bonds. The van der Waals surface area contributed by atoms with Gasteiger partial charge in [0.25, 0.3) is 5.91 Å². The molecular weight excluding hydrogens is 610 g/mol. The zero-order chi connectivity index (χ0) is 23.1. The van der Waals surface area contributed by atoms with Gasteiger partial charge in [-0.15, -0.1) is 0 Å². The molecule has 0 aliphatic rings. The first-order valence-electron chi connectivity index (χ1n) is 8.27. The van der Waals surface area contributed by atoms with Crippen molar-refractivity contribution >= 4 is 71.6 Å². The number of methoxy groups -OCH3 is 1. The van der Waals surface area contributed by atoms with E-state index >= 15 is 0 Å². The lowest BCUT2D eigenvalue weighted by atomic mass is 10.1. The Hall–Kier alpha value is -2.51. The van der Waals surface area contributed by atoms with Crippen LogP contribution in [-0.2, 0) is 9.59 Å². The molecule has 0 aliphatic carbocycles. The summed E-state index contributed by atoms with van der Waals surface area (Å²) in [5.74, 6) is -1.19. The van der Waals surface area contributed by atoms with Crippen LogP contribution in [0.15, 0.2) is 42.8 Å². The van der Waals surface area contributed by atoms with Crippen LogP contribution in [0, 0.1) is 10.1 Å². The van der Waals surface area contributed by atoms with Gasteiger partial charge < -0.3 is 14.2 Å². The van der Waals surface area contributed by atoms with E-state index in [1.54, 1.807) is 12.1 Å². The molecule has 2 rings (SSSR count). The van der Waals surface area contributed by atoms with Gasteiger partial charge in [0, 0.05) is 11.4 Å². The highest BCUT2D eigenvalue weighted by Gasteiger charge is 2.25. The maximum absolute atomic E-state index is 12.0. The molecule has 164 valence electrons. The van der Waals surface area contributed by atoms with Crippen LogP contribution in [0.25, 0.3) is 0 Å². The summed E-state index contributed by atoms with van der Waals surface area (Å²) in [6.45, 7) is 0.802. The topological polar surface area (TPSA) is 129 Å². The molecule has 0 aliphatic heterocycles. The van der Waals surface area contributed by atoms with E-state index in [2.05, 4.69) is 58.3 Å². The Morgan fingerprint density at radius 1 is 1.19 bits per heavy atom. The Labute approximate surface area is 201 Å². The molecule has 0 saturated carbocycles. The zero-order valence-corrected chi connectivity index (χ0v) is 20.7. The van der Waals surface area contributed by atoms with Gasteiger partial charge in [-0.05, 0) is 56.1 Å². The second-order valence-corrected chi connectivity index (χ2v) is 8.29. The predicted molar refractivity (Wildman–Crippen MR) is 122 cm³/mol. The second-order valence-electron chi connectivity index (χ2n) is 5.67. The van der Waals surface area contributed by atoms with Crippen LogP contribution in [0.5, 0.6) is 17.2 Å². The van der Waals surface area contributed by atoms with Crippen LogP contribution in [0.3, 0.4) is 0 Å². The molecule has 0 bridgehead atoms. The fourth-order valence-electron chi connectivity index (χ4n) is 2.30. The second kappa shape index (κ2) is 11.2. The molecule has 1 N–H and O–H groups in total. The first kappa shape index (κ1) is 24.8. The number of rotatable bonds is 8. The standard InChI is InChI=1S/C18H14Br3N3O7/c1-9(25)31-14-4-3-10(16(24(27)28)18(14)29-2)7-22-23-15(26)8-30-17-12(20)5-11(19)6-13(17)21/h3-7H,8H2,1-2H3,(H,23,26)/b22-7-. The monoisotopic (exact) mass is 621 g/mol. The summed E-state index contributed by atoms with van der Waals surface area (Å²) in [5.41, 5.74) is 1.77. The van der Waals surface area contributed by atoms with E-state index < -0.39 is 22.5 Å². The fraction of sp³-hybridized carbons (Fsp3) is 0.167. The van der Waals surface area contributed by atoms with Crippen molar-refractivity contribution in [1.82, 2.24) is 5.43 Å². The van der Waals surface area contributed by atoms with E-state index in [4.69, 9.17) is 14.2 Å². The number of ether oxygens (including phenoxy) is 3. The van der Waals surface area contributed by atoms with E-state index in [0.29, 0.717) is 14.7 Å². The summed E-state index contributed by atoms with van der Waals surface area (Å²) >= 11 is 10.00. The van der Waals surface area contributed by atoms with E-state index in [1.165, 1.54) is 19.2 Å². The van der Waals surface area contributed by atoms with Crippen molar-refractivity contribution in [3.63, 3.8) is 0 Å². The summed E-state index contributed by atoms with van der Waals surface area (Å²) < 4.78 is 17.5. The van der Waals surface area contributed by atoms with E-state index in [0.717, 1.165) is 17.6 Å². The number of benzene rings is 2. The summed E-state index contributed by atoms with van der Waals surface area (Å²) in [6, 6.07) is 6.13. The minimum absolute atomic E-state index is 0.0253. The van der Waals surface area contributed by atoms with Gasteiger partial charge in [-0.3, -0.25) is 19.7 Å². The number of amides is 1. The van der Waals surface area contributed by atoms with Crippen molar-refractivity contribution in [3.05, 3.63) is 53.4 Å². The van der Waals surface area contributed by atoms with Gasteiger partial charge in [0.05, 0.1) is 32.8 Å². The number of nitro groups is 1. The summed E-state index contributed by atoms with van der Waals surface area (Å²) in [6.07, 6.45) is 1.07. The zero-order valence-electron chi connectivity index (χ0n) is 16.0. The normalized spacial score (nSPS) is 10.6. The Kier molecular flexibility index (Phi) is 8.95. The Morgan fingerprint density at radius 3 is 2.39 bits per heavy atom. The smallest absolute Gasteiger partial charge is 0.323 e. The molecule has 10 nitrogen and oxygen atoms in total. The third kappa shape index (κ3) is 6.74. The molecule has 31 heavy (non-hydrogen) atoms. The molecule has 0 spiro atoms. The number of nitrogens with one attached hydrogen (secondary N) is 1. The molecule has 0 heterocycles. The van der Waals surface area contributed by atoms with Crippen LogP contribution in [0.2, 0.25) is 0 Å². The number of esters is 1. The highest BCUT2D eigenvalue weighted by Crippen LogP contribution is 2.39. The Balaban J connectivity index is 2.12. The lowest BCUT2D eigenvalue weighted by Crippen LogP contribution is -2.24. The van der Waals surface area contributed by atoms with Gasteiger partial charge in [0.15, 0.2) is 12.4 Å². The van der Waals surface area contributed by atoms with Crippen molar-refractivity contribution in [2.45, 2.75) is 6.92 Å². The Bertz CT molecular complexity index is 1040. The lowest BCUT2D eigenvalue weighted by Gasteiger charge is -2.10. The number of hydrogen-bond acceptors (Lipinski definition) is 8. The lowest BCUT2D eigenvalue weighted by molar-refractivity contribution is -0.385. The molecule has 2 aromatic rings. The molecule has 13 heteroatoms. The van der Waals surface area contributed by atoms with Crippen molar-refractivity contribution in [1.29, 1.82) is 0 Å². The van der Waals surface area contributed by atoms with Gasteiger partial charge in [0.2, 0.25) is 5.75 Å². The van der Waals surface area contributed by atoms with Crippen molar-refractivity contribution in [3.8, 4) is 17.2 Å². The van der Waals surface area contributed by atoms with Gasteiger partial charge in [0.1, 0.15) is 5.75 Å². The maximum Gasteiger partial charge on any atom is 0.323 e. The minimum atomic E-state index is -0.708. The van der Waals surface area contributed by atoms with E-state index in [9.17, 15) is 19.7 Å². The molecular formula is C18H14Br3N3O7. The first-order valence-corrected chi connectivity index (χ1v) is 10.6. The molecule has 0 radical (unpaired) electrons. The van der Waals surface area contributed by atoms with Crippen molar-refractivity contribution in [2.75, 3.05) is 13.7 Å². The molecule has 2 aromatic carbocycles. The Morgan fingerprint density at radius 2 is 1.84 bits per heavy atom. The molecule has 0 unspecified atom stereocenters. The summed E-state index contributed by atoms with van der Waals surface area (Å²) in [5, 5.41) is 15.2. The third-order valence-corrected chi connectivity index (χ3v) is 5.11. The average Bonchev–Trinajstić information content (AvgIpc) is 2.67. The molecule has 0 aromatic heterocycles. The molecule has 0 fully saturated rings. The minimum Gasteiger partial charge on any atom is -0.488 e. The van der Waals surface area contributed by atoms with Crippen LogP contribution in [0.4, 0.5) is 5.69 Å². The first-order chi connectivity index (χ1) is 14.6. The maximum atomic E-state index is 12.0. The summed E-state index contributed by atoms with van der Waals surface area (Å²) in [7, 11) is 1.20. The molecule has 0 atom stereocenters. The number of nitrogens with zero attached hydrogens (tertiary/aromatic N) is 2. The highest BCUT2D eigenvalue weighted by molar-refractivity contribution is 9.11. The number of hydrazone groups is 1. The van der Waals surface area contributed by atoms with Crippen molar-refractivity contribution in [2.24, 2.45) is 5.10 Å². The summed E-state index contributed by atoms with van der Waals surface area (Å²) in [4.78, 5) is 34.0. The van der Waals surface area contributed by atoms with Crippen molar-refractivity contribution < 1.29 is 28.7 Å². The average molecular weight is 624 g/mol. The fourth-order valence-corrected chi connectivity index (χ4v) is 4.79. The number of nitro benzene ring substituents is 1. The van der Waals surface area contributed by atoms with Gasteiger partial charge in [-0.1, -0.05) is 15.9 Å². The largest absolute Gasteiger partial charge is 0.488 e. The predicted octanol–water partition coefficient (Wildman–Crippen LogP) is 4.35. The van der Waals surface area contributed by atoms with Gasteiger partial charge in [-0.25, -0.2) is 5.43 Å². The third-order valence-electron chi connectivity index (χ3n) is 3.47. The number of carbonyl (C=O) groups is 2. The van der Waals surface area contributed by atoms with Gasteiger partial charge >= 0.3 is 11.7 Å². The number of hydrogen-bond donors (Lipinski definition) is 1. The van der Waals surface area contributed by atoms with Crippen LogP contribution >= 0.6 is 47.8 Å². The van der Waals surface area contributed by atoms with Crippen LogP contribution in [0.1, 0.15) is 12.5 Å². The molecule has 0 saturated heterocycles. The van der Waals surface area contributed by atoms with E-state index in [1.807, 2.05) is 0 Å². The number of carbonyl (C=O) groups excluding carboxylic acids is 2. The number of halogens is 3. The van der Waals surface area contributed by atoms with E-state index in [-0.39, 0.29) is 23.7 Å².